The molecule has 0 atom stereocenters. The second kappa shape index (κ2) is 7.25. The van der Waals surface area contributed by atoms with Gasteiger partial charge in [0.2, 0.25) is 10.0 Å². The van der Waals surface area contributed by atoms with Crippen LogP contribution in [0.1, 0.15) is 55.8 Å². The highest BCUT2D eigenvalue weighted by Crippen LogP contribution is 2.26. The second-order valence-corrected chi connectivity index (χ2v) is 8.30. The van der Waals surface area contributed by atoms with Crippen LogP contribution in [0.3, 0.4) is 0 Å². The number of nitrogens with two attached hydrogens (primary N) is 1. The van der Waals surface area contributed by atoms with Crippen LogP contribution in [0.15, 0.2) is 15.4 Å². The number of furan rings is 1. The van der Waals surface area contributed by atoms with Gasteiger partial charge in [-0.25, -0.2) is 8.42 Å². The van der Waals surface area contributed by atoms with Crippen LogP contribution in [0.2, 0.25) is 0 Å². The number of aryl methyl sites for hydroxylation is 1. The van der Waals surface area contributed by atoms with Crippen LogP contribution in [0.5, 0.6) is 0 Å². The average Bonchev–Trinajstić information content (AvgIpc) is 3.22. The Morgan fingerprint density at radius 1 is 1.33 bits per heavy atom. The van der Waals surface area contributed by atoms with Crippen LogP contribution in [0.25, 0.3) is 0 Å². The van der Waals surface area contributed by atoms with E-state index < -0.39 is 21.5 Å². The highest BCUT2D eigenvalue weighted by molar-refractivity contribution is 7.89. The summed E-state index contributed by atoms with van der Waals surface area (Å²) >= 11 is 0. The molecule has 1 aromatic rings. The molecule has 1 aromatic heterocycles. The molecule has 7 nitrogen and oxygen atoms in total. The number of carbonyl (C=O) groups is 1. The Morgan fingerprint density at radius 3 is 2.46 bits per heavy atom. The molecular weight excluding hydrogens is 330 g/mol. The van der Waals surface area contributed by atoms with Crippen molar-refractivity contribution in [1.82, 2.24) is 9.62 Å². The third kappa shape index (κ3) is 3.81. The summed E-state index contributed by atoms with van der Waals surface area (Å²) in [4.78, 5) is 12.3. The van der Waals surface area contributed by atoms with Gasteiger partial charge in [0.1, 0.15) is 10.7 Å². The van der Waals surface area contributed by atoms with E-state index in [2.05, 4.69) is 5.32 Å². The van der Waals surface area contributed by atoms with Gasteiger partial charge in [-0.2, -0.15) is 4.31 Å². The summed E-state index contributed by atoms with van der Waals surface area (Å²) in [6.45, 7) is 6.83. The molecule has 0 aromatic carbocycles. The second-order valence-electron chi connectivity index (χ2n) is 6.39. The van der Waals surface area contributed by atoms with Crippen LogP contribution in [-0.2, 0) is 10.0 Å². The minimum Gasteiger partial charge on any atom is -0.455 e. The van der Waals surface area contributed by atoms with Crippen molar-refractivity contribution < 1.29 is 17.6 Å². The van der Waals surface area contributed by atoms with E-state index >= 15 is 0 Å². The lowest BCUT2D eigenvalue weighted by Crippen LogP contribution is -2.49. The number of nitrogens with zero attached hydrogens (tertiary/aromatic N) is 1. The largest absolute Gasteiger partial charge is 0.455 e. The van der Waals surface area contributed by atoms with Gasteiger partial charge < -0.3 is 15.5 Å². The lowest BCUT2D eigenvalue weighted by atomic mass is 9.94. The van der Waals surface area contributed by atoms with E-state index in [1.165, 1.54) is 10.4 Å². The van der Waals surface area contributed by atoms with E-state index in [1.54, 1.807) is 6.92 Å². The number of nitrogens with one attached hydrogen (secondary N) is 1. The molecule has 24 heavy (non-hydrogen) atoms. The molecule has 2 heterocycles. The summed E-state index contributed by atoms with van der Waals surface area (Å²) in [7, 11) is -3.60. The molecule has 2 rings (SSSR count). The zero-order chi connectivity index (χ0) is 18.0. The van der Waals surface area contributed by atoms with Crippen molar-refractivity contribution in [3.63, 3.8) is 0 Å². The zero-order valence-electron chi connectivity index (χ0n) is 14.6. The Labute approximate surface area is 143 Å². The highest BCUT2D eigenvalue weighted by atomic mass is 32.2. The summed E-state index contributed by atoms with van der Waals surface area (Å²) in [6.07, 6.45) is 3.18. The van der Waals surface area contributed by atoms with Crippen molar-refractivity contribution in [1.29, 1.82) is 0 Å². The maximum absolute atomic E-state index is 12.6. The highest BCUT2D eigenvalue weighted by Gasteiger charge is 2.32. The number of hydrogen-bond donors (Lipinski definition) is 2. The first-order valence-corrected chi connectivity index (χ1v) is 9.85. The summed E-state index contributed by atoms with van der Waals surface area (Å²) in [5.41, 5.74) is 5.69. The number of amides is 1. The van der Waals surface area contributed by atoms with Gasteiger partial charge in [-0.1, -0.05) is 13.8 Å². The molecule has 8 heteroatoms. The van der Waals surface area contributed by atoms with E-state index in [-0.39, 0.29) is 16.4 Å². The number of sulfonamides is 1. The Morgan fingerprint density at radius 2 is 1.92 bits per heavy atom. The van der Waals surface area contributed by atoms with Crippen LogP contribution in [0.4, 0.5) is 0 Å². The van der Waals surface area contributed by atoms with Gasteiger partial charge in [-0.3, -0.25) is 4.79 Å². The SMILES string of the molecule is CCC(N)(CC)CNC(=O)c1cc(S(=O)(=O)N2CCCC2)c(C)o1. The molecule has 0 spiro atoms. The van der Waals surface area contributed by atoms with Crippen LogP contribution in [0, 0.1) is 6.92 Å². The minimum absolute atomic E-state index is 0.000159. The predicted octanol–water partition coefficient (Wildman–Crippen LogP) is 1.62. The Balaban J connectivity index is 2.15. The van der Waals surface area contributed by atoms with Crippen LogP contribution >= 0.6 is 0 Å². The monoisotopic (exact) mass is 357 g/mol. The topological polar surface area (TPSA) is 106 Å². The van der Waals surface area contributed by atoms with Gasteiger partial charge in [-0.05, 0) is 32.6 Å². The van der Waals surface area contributed by atoms with Gasteiger partial charge in [-0.15, -0.1) is 0 Å². The zero-order valence-corrected chi connectivity index (χ0v) is 15.4. The molecule has 1 aliphatic rings. The molecule has 1 amide bonds. The van der Waals surface area contributed by atoms with Gasteiger partial charge in [0.25, 0.3) is 5.91 Å². The fraction of sp³-hybridized carbons (Fsp3) is 0.688. The van der Waals surface area contributed by atoms with Crippen molar-refractivity contribution in [3.05, 3.63) is 17.6 Å². The quantitative estimate of drug-likeness (QED) is 0.771. The van der Waals surface area contributed by atoms with E-state index in [9.17, 15) is 13.2 Å². The fourth-order valence-electron chi connectivity index (χ4n) is 2.74. The number of hydrogen-bond acceptors (Lipinski definition) is 5. The first-order valence-electron chi connectivity index (χ1n) is 8.41. The maximum atomic E-state index is 12.6. The van der Waals surface area contributed by atoms with Crippen molar-refractivity contribution >= 4 is 15.9 Å². The third-order valence-electron chi connectivity index (χ3n) is 4.79. The normalized spacial score (nSPS) is 16.5. The summed E-state index contributed by atoms with van der Waals surface area (Å²) < 4.78 is 32.1. The molecule has 1 saturated heterocycles. The summed E-state index contributed by atoms with van der Waals surface area (Å²) in [5, 5.41) is 2.74. The predicted molar refractivity (Wildman–Crippen MR) is 91.3 cm³/mol. The van der Waals surface area contributed by atoms with Gasteiger partial charge in [0.15, 0.2) is 5.76 Å². The molecule has 1 fully saturated rings. The molecule has 0 saturated carbocycles. The average molecular weight is 357 g/mol. The van der Waals surface area contributed by atoms with E-state index in [4.69, 9.17) is 10.2 Å². The lowest BCUT2D eigenvalue weighted by molar-refractivity contribution is 0.0913. The Hall–Kier alpha value is -1.38. The summed E-state index contributed by atoms with van der Waals surface area (Å²) in [6, 6.07) is 1.31. The Bertz CT molecular complexity index is 686. The number of carbonyl (C=O) groups excluding carboxylic acids is 1. The standard InChI is InChI=1S/C16H27N3O4S/c1-4-16(17,5-2)11-18-15(20)13-10-14(12(3)23-13)24(21,22)19-8-6-7-9-19/h10H,4-9,11,17H2,1-3H3,(H,18,20). The minimum atomic E-state index is -3.60. The molecular formula is C16H27N3O4S. The summed E-state index contributed by atoms with van der Waals surface area (Å²) in [5.74, 6) is -0.213. The molecule has 3 N–H and O–H groups in total. The molecule has 0 unspecified atom stereocenters. The maximum Gasteiger partial charge on any atom is 0.287 e. The van der Waals surface area contributed by atoms with Crippen molar-refractivity contribution in [2.24, 2.45) is 5.73 Å². The van der Waals surface area contributed by atoms with Crippen LogP contribution in [-0.4, -0.2) is 43.8 Å². The first kappa shape index (κ1) is 19.0. The van der Waals surface area contributed by atoms with Gasteiger partial charge >= 0.3 is 0 Å². The molecule has 0 bridgehead atoms. The van der Waals surface area contributed by atoms with E-state index in [1.807, 2.05) is 13.8 Å². The van der Waals surface area contributed by atoms with E-state index in [0.29, 0.717) is 19.6 Å². The van der Waals surface area contributed by atoms with Crippen molar-refractivity contribution in [2.75, 3.05) is 19.6 Å². The fourth-order valence-corrected chi connectivity index (χ4v) is 4.42. The van der Waals surface area contributed by atoms with Crippen LogP contribution < -0.4 is 11.1 Å². The third-order valence-corrected chi connectivity index (χ3v) is 6.79. The molecule has 0 radical (unpaired) electrons. The van der Waals surface area contributed by atoms with Gasteiger partial charge in [0.05, 0.1) is 0 Å². The molecule has 0 aliphatic carbocycles. The first-order chi connectivity index (χ1) is 11.2. The number of rotatable bonds is 7. The van der Waals surface area contributed by atoms with E-state index in [0.717, 1.165) is 25.7 Å². The lowest BCUT2D eigenvalue weighted by Gasteiger charge is -2.26. The smallest absolute Gasteiger partial charge is 0.287 e. The Kier molecular flexibility index (Phi) is 5.72. The molecule has 1 aliphatic heterocycles. The van der Waals surface area contributed by atoms with Crippen molar-refractivity contribution in [3.8, 4) is 0 Å². The molecule has 136 valence electrons. The van der Waals surface area contributed by atoms with Gasteiger partial charge in [0, 0.05) is 31.2 Å². The van der Waals surface area contributed by atoms with Crippen molar-refractivity contribution in [2.45, 2.75) is 56.9 Å².